The van der Waals surface area contributed by atoms with E-state index in [-0.39, 0.29) is 0 Å². The Kier molecular flexibility index (Phi) is 5.46. The van der Waals surface area contributed by atoms with Gasteiger partial charge in [-0.25, -0.2) is 15.0 Å². The van der Waals surface area contributed by atoms with Gasteiger partial charge in [-0.05, 0) is 30.4 Å². The maximum absolute atomic E-state index is 5.84. The molecule has 1 aliphatic heterocycles. The van der Waals surface area contributed by atoms with Gasteiger partial charge in [0.05, 0.1) is 11.8 Å². The zero-order valence-electron chi connectivity index (χ0n) is 13.9. The summed E-state index contributed by atoms with van der Waals surface area (Å²) >= 11 is 3.41. The molecule has 0 spiro atoms. The van der Waals surface area contributed by atoms with Crippen LogP contribution < -0.4 is 0 Å². The van der Waals surface area contributed by atoms with Gasteiger partial charge in [0.2, 0.25) is 0 Å². The molecule has 3 aromatic heterocycles. The molecule has 0 saturated carbocycles. The fraction of sp³-hybridized carbons (Fsp3) is 0.389. The fourth-order valence-electron chi connectivity index (χ4n) is 3.01. The van der Waals surface area contributed by atoms with E-state index < -0.39 is 0 Å². The number of hydrogen-bond donors (Lipinski definition) is 0. The van der Waals surface area contributed by atoms with Gasteiger partial charge in [0.1, 0.15) is 0 Å². The van der Waals surface area contributed by atoms with Gasteiger partial charge >= 0.3 is 0 Å². The van der Waals surface area contributed by atoms with Gasteiger partial charge in [-0.2, -0.15) is 0 Å². The number of nitrogens with zero attached hydrogens (tertiary/aromatic N) is 4. The highest BCUT2D eigenvalue weighted by Gasteiger charge is 2.20. The van der Waals surface area contributed by atoms with Gasteiger partial charge in [-0.3, -0.25) is 4.90 Å². The smallest absolute Gasteiger partial charge is 0.188 e. The summed E-state index contributed by atoms with van der Waals surface area (Å²) in [7, 11) is 0. The molecule has 0 radical (unpaired) electrons. The van der Waals surface area contributed by atoms with Crippen molar-refractivity contribution in [2.75, 3.05) is 13.2 Å². The third-order valence-corrected chi connectivity index (χ3v) is 5.89. The van der Waals surface area contributed by atoms with E-state index in [9.17, 15) is 0 Å². The molecule has 1 aliphatic rings. The molecule has 0 N–H and O–H groups in total. The van der Waals surface area contributed by atoms with Crippen LogP contribution in [-0.4, -0.2) is 39.1 Å². The van der Waals surface area contributed by atoms with Gasteiger partial charge in [-0.1, -0.05) is 6.07 Å². The summed E-state index contributed by atoms with van der Waals surface area (Å²) in [5.41, 5.74) is 1.07. The lowest BCUT2D eigenvalue weighted by Gasteiger charge is -2.23. The molecule has 0 bridgehead atoms. The monoisotopic (exact) mass is 372 g/mol. The van der Waals surface area contributed by atoms with Crippen molar-refractivity contribution in [3.05, 3.63) is 51.9 Å². The van der Waals surface area contributed by atoms with Crippen LogP contribution >= 0.6 is 22.7 Å². The van der Waals surface area contributed by atoms with E-state index in [2.05, 4.69) is 37.8 Å². The molecule has 3 aromatic rings. The highest BCUT2D eigenvalue weighted by Crippen LogP contribution is 2.23. The number of hydrogen-bond acceptors (Lipinski definition) is 7. The Morgan fingerprint density at radius 2 is 2.08 bits per heavy atom. The SMILES string of the molecule is c1cnc(-c2nc(CN(Cc3cccs3)C[C@@H]3CCCO3)cs2)nc1. The van der Waals surface area contributed by atoms with E-state index in [1.165, 1.54) is 11.3 Å². The second-order valence-corrected chi connectivity index (χ2v) is 7.99. The van der Waals surface area contributed by atoms with E-state index in [1.807, 2.05) is 6.07 Å². The Morgan fingerprint density at radius 1 is 1.16 bits per heavy atom. The summed E-state index contributed by atoms with van der Waals surface area (Å²) in [6, 6.07) is 6.12. The quantitative estimate of drug-likeness (QED) is 0.631. The van der Waals surface area contributed by atoms with Gasteiger partial charge in [-0.15, -0.1) is 22.7 Å². The van der Waals surface area contributed by atoms with Gasteiger partial charge in [0.15, 0.2) is 10.8 Å². The Hall–Kier alpha value is -1.67. The summed E-state index contributed by atoms with van der Waals surface area (Å²) in [4.78, 5) is 17.1. The molecule has 1 saturated heterocycles. The number of rotatable bonds is 7. The van der Waals surface area contributed by atoms with E-state index in [1.54, 1.807) is 35.1 Å². The largest absolute Gasteiger partial charge is 0.377 e. The van der Waals surface area contributed by atoms with Crippen LogP contribution in [-0.2, 0) is 17.8 Å². The number of aromatic nitrogens is 3. The zero-order chi connectivity index (χ0) is 16.9. The summed E-state index contributed by atoms with van der Waals surface area (Å²) in [6.07, 6.45) is 6.18. The summed E-state index contributed by atoms with van der Waals surface area (Å²) < 4.78 is 5.84. The first-order valence-corrected chi connectivity index (χ1v) is 10.2. The van der Waals surface area contributed by atoms with Crippen LogP contribution in [0.25, 0.3) is 10.8 Å². The van der Waals surface area contributed by atoms with E-state index in [0.29, 0.717) is 11.9 Å². The lowest BCUT2D eigenvalue weighted by atomic mass is 10.2. The van der Waals surface area contributed by atoms with Gasteiger partial charge in [0, 0.05) is 48.9 Å². The molecule has 0 aliphatic carbocycles. The summed E-state index contributed by atoms with van der Waals surface area (Å²) in [6.45, 7) is 3.60. The van der Waals surface area contributed by atoms with Gasteiger partial charge in [0.25, 0.3) is 0 Å². The fourth-order valence-corrected chi connectivity index (χ4v) is 4.51. The molecule has 130 valence electrons. The van der Waals surface area contributed by atoms with Crippen LogP contribution in [0.3, 0.4) is 0 Å². The Morgan fingerprint density at radius 3 is 2.84 bits per heavy atom. The molecular formula is C18H20N4OS2. The highest BCUT2D eigenvalue weighted by atomic mass is 32.1. The molecule has 4 heterocycles. The molecule has 0 aromatic carbocycles. The van der Waals surface area contributed by atoms with E-state index >= 15 is 0 Å². The van der Waals surface area contributed by atoms with Gasteiger partial charge < -0.3 is 4.74 Å². The standard InChI is InChI=1S/C18H20N4OS2/c1-4-15(23-8-1)11-22(12-16-5-2-9-24-16)10-14-13-25-18(21-14)17-19-6-3-7-20-17/h2-3,5-7,9,13,15H,1,4,8,10-12H2/t15-/m0/s1. The molecule has 1 fully saturated rings. The van der Waals surface area contributed by atoms with Crippen molar-refractivity contribution in [3.63, 3.8) is 0 Å². The highest BCUT2D eigenvalue weighted by molar-refractivity contribution is 7.13. The average molecular weight is 373 g/mol. The van der Waals surface area contributed by atoms with Crippen LogP contribution in [0, 0.1) is 0 Å². The molecule has 7 heteroatoms. The van der Waals surface area contributed by atoms with Crippen molar-refractivity contribution < 1.29 is 4.74 Å². The Balaban J connectivity index is 1.46. The van der Waals surface area contributed by atoms with Crippen LogP contribution in [0.1, 0.15) is 23.4 Å². The normalized spacial score (nSPS) is 17.4. The molecule has 0 unspecified atom stereocenters. The minimum absolute atomic E-state index is 0.343. The van der Waals surface area contributed by atoms with Crippen molar-refractivity contribution >= 4 is 22.7 Å². The first-order chi connectivity index (χ1) is 12.4. The topological polar surface area (TPSA) is 51.1 Å². The third kappa shape index (κ3) is 4.49. The van der Waals surface area contributed by atoms with E-state index in [0.717, 1.165) is 43.4 Å². The van der Waals surface area contributed by atoms with Crippen LogP contribution in [0.4, 0.5) is 0 Å². The molecule has 1 atom stereocenters. The Bertz CT molecular complexity index is 769. The van der Waals surface area contributed by atoms with Crippen molar-refractivity contribution in [1.82, 2.24) is 19.9 Å². The van der Waals surface area contributed by atoms with Crippen LogP contribution in [0.5, 0.6) is 0 Å². The predicted octanol–water partition coefficient (Wildman–Crippen LogP) is 3.84. The lowest BCUT2D eigenvalue weighted by molar-refractivity contribution is 0.0679. The van der Waals surface area contributed by atoms with Crippen molar-refractivity contribution in [3.8, 4) is 10.8 Å². The van der Waals surface area contributed by atoms with Crippen LogP contribution in [0.15, 0.2) is 41.4 Å². The maximum atomic E-state index is 5.84. The zero-order valence-corrected chi connectivity index (χ0v) is 15.5. The average Bonchev–Trinajstić information content (AvgIpc) is 3.38. The summed E-state index contributed by atoms with van der Waals surface area (Å²) in [5.74, 6) is 0.697. The minimum Gasteiger partial charge on any atom is -0.377 e. The molecule has 4 rings (SSSR count). The lowest BCUT2D eigenvalue weighted by Crippen LogP contribution is -2.31. The second kappa shape index (κ2) is 8.14. The maximum Gasteiger partial charge on any atom is 0.188 e. The Labute approximate surface area is 155 Å². The molecular weight excluding hydrogens is 352 g/mol. The summed E-state index contributed by atoms with van der Waals surface area (Å²) in [5, 5.41) is 5.12. The number of thiazole rings is 1. The predicted molar refractivity (Wildman–Crippen MR) is 101 cm³/mol. The minimum atomic E-state index is 0.343. The first kappa shape index (κ1) is 16.8. The first-order valence-electron chi connectivity index (χ1n) is 8.45. The van der Waals surface area contributed by atoms with Crippen molar-refractivity contribution in [2.45, 2.75) is 32.0 Å². The molecule has 5 nitrogen and oxygen atoms in total. The third-order valence-electron chi connectivity index (χ3n) is 4.14. The molecule has 25 heavy (non-hydrogen) atoms. The number of ether oxygens (including phenoxy) is 1. The van der Waals surface area contributed by atoms with E-state index in [4.69, 9.17) is 9.72 Å². The molecule has 0 amide bonds. The van der Waals surface area contributed by atoms with Crippen molar-refractivity contribution in [1.29, 1.82) is 0 Å². The second-order valence-electron chi connectivity index (χ2n) is 6.10. The number of thiophene rings is 1. The van der Waals surface area contributed by atoms with Crippen molar-refractivity contribution in [2.24, 2.45) is 0 Å². The van der Waals surface area contributed by atoms with Crippen LogP contribution in [0.2, 0.25) is 0 Å².